The van der Waals surface area contributed by atoms with Crippen LogP contribution in [-0.4, -0.2) is 19.5 Å². The molecule has 0 saturated heterocycles. The molecule has 0 heterocycles. The molecule has 0 bridgehead atoms. The first-order chi connectivity index (χ1) is 8.66. The van der Waals surface area contributed by atoms with Crippen molar-refractivity contribution >= 4 is 29.9 Å². The van der Waals surface area contributed by atoms with Crippen molar-refractivity contribution in [1.29, 1.82) is 0 Å². The van der Waals surface area contributed by atoms with E-state index in [2.05, 4.69) is 16.7 Å². The predicted molar refractivity (Wildman–Crippen MR) is 80.9 cm³/mol. The Morgan fingerprint density at radius 3 is 2.63 bits per heavy atom. The smallest absolute Gasteiger partial charge is 0.234 e. The van der Waals surface area contributed by atoms with Crippen molar-refractivity contribution in [2.45, 2.75) is 31.2 Å². The number of nitrogens with one attached hydrogen (secondary N) is 2. The van der Waals surface area contributed by atoms with Gasteiger partial charge in [-0.2, -0.15) is 0 Å². The van der Waals surface area contributed by atoms with Crippen molar-refractivity contribution in [3.05, 3.63) is 34.9 Å². The highest BCUT2D eigenvalue weighted by atomic mass is 35.5. The number of carbonyl (C=O) groups is 1. The molecule has 1 saturated carbocycles. The molecular formula is C14H20Cl2N2O. The van der Waals surface area contributed by atoms with E-state index in [1.54, 1.807) is 7.05 Å². The number of halogens is 2. The average Bonchev–Trinajstić information content (AvgIpc) is 2.79. The van der Waals surface area contributed by atoms with E-state index in [9.17, 15) is 4.79 Å². The summed E-state index contributed by atoms with van der Waals surface area (Å²) in [5.41, 5.74) is 0.899. The van der Waals surface area contributed by atoms with Crippen LogP contribution >= 0.6 is 24.0 Å². The third-order valence-electron chi connectivity index (χ3n) is 3.55. The summed E-state index contributed by atoms with van der Waals surface area (Å²) in [4.78, 5) is 11.9. The zero-order chi connectivity index (χ0) is 13.0. The van der Waals surface area contributed by atoms with E-state index in [4.69, 9.17) is 11.6 Å². The van der Waals surface area contributed by atoms with Crippen molar-refractivity contribution in [1.82, 2.24) is 10.6 Å². The molecule has 1 aromatic rings. The molecule has 0 atom stereocenters. The van der Waals surface area contributed by atoms with E-state index in [1.807, 2.05) is 18.2 Å². The lowest BCUT2D eigenvalue weighted by molar-refractivity contribution is -0.122. The second kappa shape index (κ2) is 7.13. The molecule has 0 spiro atoms. The van der Waals surface area contributed by atoms with E-state index in [1.165, 1.54) is 0 Å². The van der Waals surface area contributed by atoms with Gasteiger partial charge in [-0.05, 0) is 37.6 Å². The number of carbonyl (C=O) groups excluding carboxylic acids is 1. The van der Waals surface area contributed by atoms with Gasteiger partial charge in [-0.3, -0.25) is 4.79 Å². The van der Waals surface area contributed by atoms with Crippen molar-refractivity contribution in [3.63, 3.8) is 0 Å². The Morgan fingerprint density at radius 1 is 1.37 bits per heavy atom. The van der Waals surface area contributed by atoms with Gasteiger partial charge in [-0.25, -0.2) is 0 Å². The lowest BCUT2D eigenvalue weighted by atomic mass is 9.88. The lowest BCUT2D eigenvalue weighted by Gasteiger charge is -2.31. The minimum Gasteiger partial charge on any atom is -0.345 e. The summed E-state index contributed by atoms with van der Waals surface area (Å²) in [5.74, 6) is 0.0411. The molecule has 0 radical (unpaired) electrons. The van der Waals surface area contributed by atoms with Crippen molar-refractivity contribution in [3.8, 4) is 0 Å². The third-order valence-corrected chi connectivity index (χ3v) is 3.79. The molecule has 3 nitrogen and oxygen atoms in total. The van der Waals surface area contributed by atoms with Gasteiger partial charge in [0.05, 0.1) is 12.1 Å². The fraction of sp³-hybridized carbons (Fsp3) is 0.500. The molecule has 5 heteroatoms. The predicted octanol–water partition coefficient (Wildman–Crippen LogP) is 2.87. The third kappa shape index (κ3) is 3.85. The van der Waals surface area contributed by atoms with Gasteiger partial charge in [0.25, 0.3) is 0 Å². The maximum atomic E-state index is 11.9. The van der Waals surface area contributed by atoms with Crippen LogP contribution in [0, 0.1) is 0 Å². The standard InChI is InChI=1S/C14H19ClN2O.ClH/c1-16-10-13(18)17-14(7-2-3-8-14)11-5-4-6-12(15)9-11;/h4-6,9,16H,2-3,7-8,10H2,1H3,(H,17,18);1H. The molecule has 0 unspecified atom stereocenters. The molecule has 1 amide bonds. The summed E-state index contributed by atoms with van der Waals surface area (Å²) < 4.78 is 0. The first kappa shape index (κ1) is 16.3. The van der Waals surface area contributed by atoms with E-state index < -0.39 is 0 Å². The number of amides is 1. The Kier molecular flexibility index (Phi) is 6.11. The van der Waals surface area contributed by atoms with Gasteiger partial charge in [0.1, 0.15) is 0 Å². The minimum atomic E-state index is -0.223. The van der Waals surface area contributed by atoms with E-state index in [0.29, 0.717) is 6.54 Å². The van der Waals surface area contributed by atoms with Crippen molar-refractivity contribution < 1.29 is 4.79 Å². The zero-order valence-corrected chi connectivity index (χ0v) is 12.6. The maximum absolute atomic E-state index is 11.9. The lowest BCUT2D eigenvalue weighted by Crippen LogP contribution is -2.46. The first-order valence-corrected chi connectivity index (χ1v) is 6.76. The summed E-state index contributed by atoms with van der Waals surface area (Å²) in [6, 6.07) is 7.83. The quantitative estimate of drug-likeness (QED) is 0.898. The molecule has 0 aliphatic heterocycles. The highest BCUT2D eigenvalue weighted by Gasteiger charge is 2.36. The van der Waals surface area contributed by atoms with E-state index in [0.717, 1.165) is 36.3 Å². The van der Waals surface area contributed by atoms with Crippen LogP contribution in [0.3, 0.4) is 0 Å². The van der Waals surface area contributed by atoms with Gasteiger partial charge in [0, 0.05) is 5.02 Å². The normalized spacial score (nSPS) is 16.7. The Bertz CT molecular complexity index is 431. The summed E-state index contributed by atoms with van der Waals surface area (Å²) in [6.07, 6.45) is 4.27. The maximum Gasteiger partial charge on any atom is 0.234 e. The van der Waals surface area contributed by atoms with Gasteiger partial charge in [-0.1, -0.05) is 36.6 Å². The van der Waals surface area contributed by atoms with Crippen molar-refractivity contribution in [2.24, 2.45) is 0 Å². The summed E-state index contributed by atoms with van der Waals surface area (Å²) in [6.45, 7) is 0.350. The van der Waals surface area contributed by atoms with Gasteiger partial charge >= 0.3 is 0 Å². The Labute approximate surface area is 125 Å². The monoisotopic (exact) mass is 302 g/mol. The fourth-order valence-electron chi connectivity index (χ4n) is 2.72. The Balaban J connectivity index is 0.00000180. The molecule has 2 N–H and O–H groups in total. The molecular weight excluding hydrogens is 283 g/mol. The van der Waals surface area contributed by atoms with Crippen LogP contribution in [0.2, 0.25) is 5.02 Å². The van der Waals surface area contributed by atoms with Crippen LogP contribution in [0.25, 0.3) is 0 Å². The van der Waals surface area contributed by atoms with Crippen molar-refractivity contribution in [2.75, 3.05) is 13.6 Å². The van der Waals surface area contributed by atoms with Crippen LogP contribution in [0.5, 0.6) is 0 Å². The second-order valence-electron chi connectivity index (χ2n) is 4.88. The minimum absolute atomic E-state index is 0. The topological polar surface area (TPSA) is 41.1 Å². The summed E-state index contributed by atoms with van der Waals surface area (Å²) in [7, 11) is 1.78. The molecule has 0 aromatic heterocycles. The molecule has 2 rings (SSSR count). The Hall–Kier alpha value is -0.770. The largest absolute Gasteiger partial charge is 0.345 e. The highest BCUT2D eigenvalue weighted by molar-refractivity contribution is 6.30. The Morgan fingerprint density at radius 2 is 2.05 bits per heavy atom. The van der Waals surface area contributed by atoms with Crippen LogP contribution in [0.1, 0.15) is 31.2 Å². The van der Waals surface area contributed by atoms with E-state index >= 15 is 0 Å². The van der Waals surface area contributed by atoms with Crippen LogP contribution < -0.4 is 10.6 Å². The van der Waals surface area contributed by atoms with Gasteiger partial charge in [0.2, 0.25) is 5.91 Å². The van der Waals surface area contributed by atoms with E-state index in [-0.39, 0.29) is 23.9 Å². The SMILES string of the molecule is CNCC(=O)NC1(c2cccc(Cl)c2)CCCC1.Cl. The van der Waals surface area contributed by atoms with Crippen LogP contribution in [-0.2, 0) is 10.3 Å². The molecule has 19 heavy (non-hydrogen) atoms. The number of hydrogen-bond acceptors (Lipinski definition) is 2. The number of benzene rings is 1. The first-order valence-electron chi connectivity index (χ1n) is 6.38. The van der Waals surface area contributed by atoms with Crippen LogP contribution in [0.4, 0.5) is 0 Å². The highest BCUT2D eigenvalue weighted by Crippen LogP contribution is 2.39. The molecule has 106 valence electrons. The van der Waals surface area contributed by atoms with Gasteiger partial charge < -0.3 is 10.6 Å². The van der Waals surface area contributed by atoms with Gasteiger partial charge in [0.15, 0.2) is 0 Å². The molecule has 1 aromatic carbocycles. The number of hydrogen-bond donors (Lipinski definition) is 2. The number of rotatable bonds is 4. The molecule has 1 fully saturated rings. The second-order valence-corrected chi connectivity index (χ2v) is 5.31. The molecule has 1 aliphatic carbocycles. The average molecular weight is 303 g/mol. The molecule has 1 aliphatic rings. The van der Waals surface area contributed by atoms with Gasteiger partial charge in [-0.15, -0.1) is 12.4 Å². The summed E-state index contributed by atoms with van der Waals surface area (Å²) >= 11 is 6.06. The summed E-state index contributed by atoms with van der Waals surface area (Å²) in [5, 5.41) is 6.78. The zero-order valence-electron chi connectivity index (χ0n) is 11.0. The fourth-order valence-corrected chi connectivity index (χ4v) is 2.91. The van der Waals surface area contributed by atoms with Crippen LogP contribution in [0.15, 0.2) is 24.3 Å². The number of likely N-dealkylation sites (N-methyl/N-ethyl adjacent to an activating group) is 1.